The molecule has 0 radical (unpaired) electrons. The van der Waals surface area contributed by atoms with Crippen LogP contribution >= 0.6 is 0 Å². The zero-order valence-corrected chi connectivity index (χ0v) is 23.9. The van der Waals surface area contributed by atoms with Gasteiger partial charge in [-0.2, -0.15) is 0 Å². The molecule has 0 heterocycles. The van der Waals surface area contributed by atoms with Crippen molar-refractivity contribution in [2.45, 2.75) is 53.6 Å². The van der Waals surface area contributed by atoms with E-state index in [0.29, 0.717) is 23.1 Å². The molecule has 1 aliphatic rings. The van der Waals surface area contributed by atoms with Crippen LogP contribution in [0.4, 0.5) is 4.39 Å². The van der Waals surface area contributed by atoms with E-state index in [1.807, 2.05) is 18.2 Å². The predicted octanol–water partition coefficient (Wildman–Crippen LogP) is 7.70. The number of ether oxygens (including phenoxy) is 3. The van der Waals surface area contributed by atoms with E-state index in [2.05, 4.69) is 13.2 Å². The van der Waals surface area contributed by atoms with Crippen molar-refractivity contribution in [2.24, 2.45) is 5.41 Å². The lowest BCUT2D eigenvalue weighted by Crippen LogP contribution is -2.25. The van der Waals surface area contributed by atoms with Crippen LogP contribution in [0.25, 0.3) is 22.3 Å². The van der Waals surface area contributed by atoms with E-state index in [1.54, 1.807) is 39.8 Å². The number of carbonyl (C=O) groups is 3. The first-order valence-electron chi connectivity index (χ1n) is 13.3. The summed E-state index contributed by atoms with van der Waals surface area (Å²) in [6, 6.07) is 15.0. The number of hydrogen-bond donors (Lipinski definition) is 0. The average molecular weight is 557 g/mol. The molecule has 7 heteroatoms. The Hall–Kier alpha value is -4.52. The molecule has 0 aromatic heterocycles. The number of rotatable bonds is 7. The second-order valence-corrected chi connectivity index (χ2v) is 11.3. The standard InChI is InChI=1S/C34H33FO6/c1-19(2)31(36)39-25-14-24(15-26(18-25)40-33(38)34(5,6)7)27-12-10-23(17-29(27)35)22-9-8-21-11-13-30(28(21)16-22)41-32(37)20(3)4/h8-10,12,14-18,30H,1,3,11,13H2,2,4-7H3. The van der Waals surface area contributed by atoms with Crippen molar-refractivity contribution in [1.29, 1.82) is 0 Å². The summed E-state index contributed by atoms with van der Waals surface area (Å²) < 4.78 is 32.2. The highest BCUT2D eigenvalue weighted by Crippen LogP contribution is 2.39. The fourth-order valence-corrected chi connectivity index (χ4v) is 4.32. The van der Waals surface area contributed by atoms with Gasteiger partial charge in [-0.15, -0.1) is 0 Å². The van der Waals surface area contributed by atoms with Gasteiger partial charge in [0.25, 0.3) is 0 Å². The molecule has 0 fully saturated rings. The van der Waals surface area contributed by atoms with Gasteiger partial charge in [0.2, 0.25) is 0 Å². The Kier molecular flexibility index (Phi) is 8.29. The van der Waals surface area contributed by atoms with Gasteiger partial charge >= 0.3 is 17.9 Å². The number of carbonyl (C=O) groups excluding carboxylic acids is 3. The quantitative estimate of drug-likeness (QED) is 0.169. The molecule has 0 bridgehead atoms. The topological polar surface area (TPSA) is 78.9 Å². The maximum atomic E-state index is 15.6. The van der Waals surface area contributed by atoms with Crippen LogP contribution in [0, 0.1) is 11.2 Å². The zero-order chi connectivity index (χ0) is 30.1. The van der Waals surface area contributed by atoms with Gasteiger partial charge in [0.05, 0.1) is 5.41 Å². The van der Waals surface area contributed by atoms with Crippen LogP contribution in [0.15, 0.2) is 78.9 Å². The fraction of sp³-hybridized carbons (Fsp3) is 0.265. The van der Waals surface area contributed by atoms with E-state index in [4.69, 9.17) is 14.2 Å². The minimum atomic E-state index is -0.783. The van der Waals surface area contributed by atoms with Gasteiger partial charge in [0, 0.05) is 22.8 Å². The third-order valence-electron chi connectivity index (χ3n) is 6.64. The highest BCUT2D eigenvalue weighted by molar-refractivity contribution is 5.89. The molecular weight excluding hydrogens is 523 g/mol. The molecule has 0 N–H and O–H groups in total. The summed E-state index contributed by atoms with van der Waals surface area (Å²) in [5.74, 6) is -1.91. The van der Waals surface area contributed by atoms with E-state index in [0.717, 1.165) is 23.1 Å². The van der Waals surface area contributed by atoms with Crippen LogP contribution in [0.1, 0.15) is 58.3 Å². The molecular formula is C34H33FO6. The van der Waals surface area contributed by atoms with Crippen molar-refractivity contribution in [1.82, 2.24) is 0 Å². The smallest absolute Gasteiger partial charge is 0.338 e. The highest BCUT2D eigenvalue weighted by Gasteiger charge is 2.27. The van der Waals surface area contributed by atoms with E-state index in [-0.39, 0.29) is 28.7 Å². The van der Waals surface area contributed by atoms with Crippen LogP contribution in [0.2, 0.25) is 0 Å². The third kappa shape index (κ3) is 6.80. The highest BCUT2D eigenvalue weighted by atomic mass is 19.1. The van der Waals surface area contributed by atoms with Crippen molar-refractivity contribution in [3.63, 3.8) is 0 Å². The van der Waals surface area contributed by atoms with Gasteiger partial charge in [-0.05, 0) is 99.5 Å². The summed E-state index contributed by atoms with van der Waals surface area (Å²) >= 11 is 0. The summed E-state index contributed by atoms with van der Waals surface area (Å²) in [7, 11) is 0. The number of aryl methyl sites for hydroxylation is 1. The molecule has 41 heavy (non-hydrogen) atoms. The van der Waals surface area contributed by atoms with Gasteiger partial charge < -0.3 is 14.2 Å². The van der Waals surface area contributed by atoms with Crippen LogP contribution in [-0.4, -0.2) is 17.9 Å². The molecule has 0 spiro atoms. The molecule has 0 amide bonds. The lowest BCUT2D eigenvalue weighted by molar-refractivity contribution is -0.144. The van der Waals surface area contributed by atoms with Gasteiger partial charge in [-0.3, -0.25) is 4.79 Å². The van der Waals surface area contributed by atoms with E-state index in [9.17, 15) is 14.4 Å². The van der Waals surface area contributed by atoms with E-state index >= 15 is 4.39 Å². The molecule has 212 valence electrons. The normalized spacial score (nSPS) is 14.1. The summed E-state index contributed by atoms with van der Waals surface area (Å²) in [6.45, 7) is 15.5. The molecule has 4 rings (SSSR count). The molecule has 1 atom stereocenters. The Morgan fingerprint density at radius 3 is 2.02 bits per heavy atom. The van der Waals surface area contributed by atoms with Crippen molar-refractivity contribution < 1.29 is 33.0 Å². The first kappa shape index (κ1) is 29.5. The Labute approximate surface area is 239 Å². The second kappa shape index (κ2) is 11.5. The van der Waals surface area contributed by atoms with Gasteiger partial charge in [-0.1, -0.05) is 37.4 Å². The summed E-state index contributed by atoms with van der Waals surface area (Å²) in [5, 5.41) is 0. The predicted molar refractivity (Wildman–Crippen MR) is 155 cm³/mol. The monoisotopic (exact) mass is 556 g/mol. The maximum absolute atomic E-state index is 15.6. The Morgan fingerprint density at radius 1 is 0.805 bits per heavy atom. The third-order valence-corrected chi connectivity index (χ3v) is 6.64. The van der Waals surface area contributed by atoms with Gasteiger partial charge in [0.1, 0.15) is 23.4 Å². The van der Waals surface area contributed by atoms with Crippen LogP contribution in [0.3, 0.4) is 0 Å². The summed E-state index contributed by atoms with van der Waals surface area (Å²) in [5.41, 5.74) is 3.72. The number of hydrogen-bond acceptors (Lipinski definition) is 6. The van der Waals surface area contributed by atoms with E-state index < -0.39 is 29.1 Å². The molecule has 0 aliphatic heterocycles. The average Bonchev–Trinajstić information content (AvgIpc) is 3.29. The second-order valence-electron chi connectivity index (χ2n) is 11.3. The Balaban J connectivity index is 1.68. The van der Waals surface area contributed by atoms with Crippen molar-refractivity contribution in [3.05, 3.63) is 95.8 Å². The minimum absolute atomic E-state index is 0.0876. The van der Waals surface area contributed by atoms with Crippen LogP contribution < -0.4 is 9.47 Å². The number of halogens is 1. The molecule has 1 unspecified atom stereocenters. The van der Waals surface area contributed by atoms with Crippen molar-refractivity contribution in [2.75, 3.05) is 0 Å². The Morgan fingerprint density at radius 2 is 1.41 bits per heavy atom. The maximum Gasteiger partial charge on any atom is 0.338 e. The SMILES string of the molecule is C=C(C)C(=O)Oc1cc(OC(=O)C(C)(C)C)cc(-c2ccc(-c3ccc4c(c3)C(OC(=O)C(=C)C)CC4)cc2F)c1. The van der Waals surface area contributed by atoms with Crippen LogP contribution in [0.5, 0.6) is 11.5 Å². The van der Waals surface area contributed by atoms with E-state index in [1.165, 1.54) is 31.2 Å². The van der Waals surface area contributed by atoms with Crippen LogP contribution in [-0.2, 0) is 25.5 Å². The molecule has 0 saturated heterocycles. The molecule has 0 saturated carbocycles. The summed E-state index contributed by atoms with van der Waals surface area (Å²) in [6.07, 6.45) is 1.09. The molecule has 6 nitrogen and oxygen atoms in total. The van der Waals surface area contributed by atoms with Gasteiger partial charge in [-0.25, -0.2) is 14.0 Å². The largest absolute Gasteiger partial charge is 0.454 e. The Bertz CT molecular complexity index is 1580. The number of benzene rings is 3. The lowest BCUT2D eigenvalue weighted by atomic mass is 9.96. The number of fused-ring (bicyclic) bond motifs is 1. The minimum Gasteiger partial charge on any atom is -0.454 e. The first-order valence-corrected chi connectivity index (χ1v) is 13.3. The van der Waals surface area contributed by atoms with Crippen molar-refractivity contribution in [3.8, 4) is 33.8 Å². The number of esters is 3. The first-order chi connectivity index (χ1) is 19.2. The summed E-state index contributed by atoms with van der Waals surface area (Å²) in [4.78, 5) is 36.8. The lowest BCUT2D eigenvalue weighted by Gasteiger charge is -2.18. The molecule has 3 aromatic carbocycles. The molecule has 3 aromatic rings. The zero-order valence-electron chi connectivity index (χ0n) is 23.9. The van der Waals surface area contributed by atoms with Gasteiger partial charge in [0.15, 0.2) is 0 Å². The molecule has 1 aliphatic carbocycles. The van der Waals surface area contributed by atoms with Crippen molar-refractivity contribution >= 4 is 17.9 Å². The fourth-order valence-electron chi connectivity index (χ4n) is 4.32.